The summed E-state index contributed by atoms with van der Waals surface area (Å²) in [7, 11) is 1.49. The molecule has 1 heterocycles. The summed E-state index contributed by atoms with van der Waals surface area (Å²) in [6.45, 7) is -0.224. The number of aromatic nitrogens is 1. The maximum Gasteiger partial charge on any atom is 0.263 e. The number of anilines is 1. The van der Waals surface area contributed by atoms with E-state index in [2.05, 4.69) is 10.3 Å². The number of methoxy groups -OCH3 is 1. The van der Waals surface area contributed by atoms with Crippen LogP contribution in [0.1, 0.15) is 5.56 Å². The number of para-hydroxylation sites is 1. The van der Waals surface area contributed by atoms with Crippen molar-refractivity contribution in [2.45, 2.75) is 0 Å². The summed E-state index contributed by atoms with van der Waals surface area (Å²) in [4.78, 5) is 15.9. The molecule has 106 valence electrons. The van der Waals surface area contributed by atoms with Gasteiger partial charge in [-0.2, -0.15) is 5.26 Å². The summed E-state index contributed by atoms with van der Waals surface area (Å²) in [6, 6.07) is 12.1. The van der Waals surface area contributed by atoms with Gasteiger partial charge in [0.25, 0.3) is 5.91 Å². The molecule has 0 spiro atoms. The van der Waals surface area contributed by atoms with Crippen LogP contribution in [-0.4, -0.2) is 24.6 Å². The minimum absolute atomic E-state index is 0.224. The third kappa shape index (κ3) is 3.70. The largest absolute Gasteiger partial charge is 0.493 e. The summed E-state index contributed by atoms with van der Waals surface area (Å²) in [5, 5.41) is 11.5. The predicted octanol–water partition coefficient (Wildman–Crippen LogP) is 1.98. The summed E-state index contributed by atoms with van der Waals surface area (Å²) in [5.74, 6) is 0.758. The first kappa shape index (κ1) is 14.3. The summed E-state index contributed by atoms with van der Waals surface area (Å²) in [6.07, 6.45) is 1.55. The smallest absolute Gasteiger partial charge is 0.263 e. The van der Waals surface area contributed by atoms with Gasteiger partial charge in [-0.1, -0.05) is 12.1 Å². The van der Waals surface area contributed by atoms with E-state index < -0.39 is 0 Å². The molecule has 1 aromatic carbocycles. The van der Waals surface area contributed by atoms with Crippen molar-refractivity contribution < 1.29 is 14.3 Å². The van der Waals surface area contributed by atoms with Crippen molar-refractivity contribution in [2.24, 2.45) is 0 Å². The highest BCUT2D eigenvalue weighted by Crippen LogP contribution is 2.20. The fourth-order valence-electron chi connectivity index (χ4n) is 1.65. The first-order chi connectivity index (χ1) is 10.2. The van der Waals surface area contributed by atoms with Crippen LogP contribution >= 0.6 is 0 Å². The molecule has 0 fully saturated rings. The van der Waals surface area contributed by atoms with Gasteiger partial charge in [0.1, 0.15) is 11.8 Å². The number of ether oxygens (including phenoxy) is 2. The third-order valence-electron chi connectivity index (χ3n) is 2.61. The van der Waals surface area contributed by atoms with Gasteiger partial charge in [0.2, 0.25) is 0 Å². The van der Waals surface area contributed by atoms with E-state index in [1.165, 1.54) is 7.11 Å². The molecule has 0 aliphatic carbocycles. The molecule has 1 amide bonds. The highest BCUT2D eigenvalue weighted by atomic mass is 16.5. The average Bonchev–Trinajstić information content (AvgIpc) is 2.53. The second kappa shape index (κ2) is 6.91. The number of amides is 1. The Morgan fingerprint density at radius 1 is 1.29 bits per heavy atom. The third-order valence-corrected chi connectivity index (χ3v) is 2.61. The average molecular weight is 283 g/mol. The zero-order chi connectivity index (χ0) is 15.1. The molecule has 2 aromatic rings. The fraction of sp³-hybridized carbons (Fsp3) is 0.133. The Labute approximate surface area is 121 Å². The SMILES string of the molecule is COc1cccnc1NC(=O)COc1ccccc1C#N. The summed E-state index contributed by atoms with van der Waals surface area (Å²) >= 11 is 0. The number of benzene rings is 1. The molecule has 0 aliphatic heterocycles. The van der Waals surface area contributed by atoms with E-state index in [4.69, 9.17) is 14.7 Å². The molecule has 0 saturated heterocycles. The number of nitrogens with one attached hydrogen (secondary N) is 1. The minimum Gasteiger partial charge on any atom is -0.493 e. The standard InChI is InChI=1S/C15H13N3O3/c1-20-13-7-4-8-17-15(13)18-14(19)10-21-12-6-3-2-5-11(12)9-16/h2-8H,10H2,1H3,(H,17,18,19). The lowest BCUT2D eigenvalue weighted by atomic mass is 10.2. The molecule has 6 heteroatoms. The van der Waals surface area contributed by atoms with Crippen molar-refractivity contribution in [3.05, 3.63) is 48.2 Å². The molecule has 0 bridgehead atoms. The number of carbonyl (C=O) groups is 1. The maximum absolute atomic E-state index is 11.8. The number of hydrogen-bond acceptors (Lipinski definition) is 5. The number of carbonyl (C=O) groups excluding carboxylic acids is 1. The van der Waals surface area contributed by atoms with Crippen molar-refractivity contribution in [3.63, 3.8) is 0 Å². The Kier molecular flexibility index (Phi) is 4.72. The van der Waals surface area contributed by atoms with Gasteiger partial charge in [-0.3, -0.25) is 4.79 Å². The van der Waals surface area contributed by atoms with Crippen LogP contribution in [0.2, 0.25) is 0 Å². The van der Waals surface area contributed by atoms with E-state index in [-0.39, 0.29) is 12.5 Å². The number of hydrogen-bond donors (Lipinski definition) is 1. The van der Waals surface area contributed by atoms with E-state index >= 15 is 0 Å². The van der Waals surface area contributed by atoms with Gasteiger partial charge in [-0.25, -0.2) is 4.98 Å². The van der Waals surface area contributed by atoms with Crippen LogP contribution in [0.4, 0.5) is 5.82 Å². The lowest BCUT2D eigenvalue weighted by molar-refractivity contribution is -0.118. The monoisotopic (exact) mass is 283 g/mol. The molecule has 2 rings (SSSR count). The number of rotatable bonds is 5. The molecule has 0 aliphatic rings. The molecule has 1 aromatic heterocycles. The van der Waals surface area contributed by atoms with Crippen LogP contribution in [0.25, 0.3) is 0 Å². The van der Waals surface area contributed by atoms with Gasteiger partial charge in [-0.05, 0) is 24.3 Å². The molecule has 6 nitrogen and oxygen atoms in total. The van der Waals surface area contributed by atoms with Crippen molar-refractivity contribution in [1.82, 2.24) is 4.98 Å². The molecule has 21 heavy (non-hydrogen) atoms. The molecule has 0 unspecified atom stereocenters. The Morgan fingerprint density at radius 3 is 2.81 bits per heavy atom. The van der Waals surface area contributed by atoms with Gasteiger partial charge in [0, 0.05) is 6.20 Å². The van der Waals surface area contributed by atoms with Crippen LogP contribution in [0.5, 0.6) is 11.5 Å². The van der Waals surface area contributed by atoms with Crippen LogP contribution in [-0.2, 0) is 4.79 Å². The number of pyridine rings is 1. The first-order valence-corrected chi connectivity index (χ1v) is 6.15. The topological polar surface area (TPSA) is 84.2 Å². The Balaban J connectivity index is 1.98. The van der Waals surface area contributed by atoms with E-state index in [0.29, 0.717) is 22.9 Å². The second-order valence-corrected chi connectivity index (χ2v) is 4.00. The van der Waals surface area contributed by atoms with Gasteiger partial charge in [0.15, 0.2) is 18.2 Å². The zero-order valence-corrected chi connectivity index (χ0v) is 11.4. The summed E-state index contributed by atoms with van der Waals surface area (Å²) < 4.78 is 10.4. The van der Waals surface area contributed by atoms with E-state index in [1.54, 1.807) is 42.6 Å². The van der Waals surface area contributed by atoms with Crippen molar-refractivity contribution in [3.8, 4) is 17.6 Å². The van der Waals surface area contributed by atoms with Gasteiger partial charge in [-0.15, -0.1) is 0 Å². The van der Waals surface area contributed by atoms with Crippen LogP contribution in [0.15, 0.2) is 42.6 Å². The Bertz CT molecular complexity index is 680. The second-order valence-electron chi connectivity index (χ2n) is 4.00. The van der Waals surface area contributed by atoms with Gasteiger partial charge in [0.05, 0.1) is 12.7 Å². The van der Waals surface area contributed by atoms with E-state index in [9.17, 15) is 4.79 Å². The molecular weight excluding hydrogens is 270 g/mol. The summed E-state index contributed by atoms with van der Waals surface area (Å²) in [5.41, 5.74) is 0.376. The lowest BCUT2D eigenvalue weighted by Crippen LogP contribution is -2.21. The molecule has 0 saturated carbocycles. The van der Waals surface area contributed by atoms with Crippen LogP contribution < -0.4 is 14.8 Å². The highest BCUT2D eigenvalue weighted by molar-refractivity contribution is 5.92. The molecular formula is C15H13N3O3. The van der Waals surface area contributed by atoms with Crippen LogP contribution in [0, 0.1) is 11.3 Å². The highest BCUT2D eigenvalue weighted by Gasteiger charge is 2.10. The quantitative estimate of drug-likeness (QED) is 0.907. The molecule has 0 radical (unpaired) electrons. The van der Waals surface area contributed by atoms with Crippen molar-refractivity contribution in [1.29, 1.82) is 5.26 Å². The fourth-order valence-corrected chi connectivity index (χ4v) is 1.65. The number of nitrogens with zero attached hydrogens (tertiary/aromatic N) is 2. The van der Waals surface area contributed by atoms with E-state index in [0.717, 1.165) is 0 Å². The van der Waals surface area contributed by atoms with E-state index in [1.807, 2.05) is 6.07 Å². The number of nitriles is 1. The Morgan fingerprint density at radius 2 is 2.05 bits per heavy atom. The van der Waals surface area contributed by atoms with Gasteiger partial charge >= 0.3 is 0 Å². The van der Waals surface area contributed by atoms with Crippen LogP contribution in [0.3, 0.4) is 0 Å². The molecule has 1 N–H and O–H groups in total. The van der Waals surface area contributed by atoms with Crippen molar-refractivity contribution >= 4 is 11.7 Å². The predicted molar refractivity (Wildman–Crippen MR) is 76.1 cm³/mol. The van der Waals surface area contributed by atoms with Gasteiger partial charge < -0.3 is 14.8 Å². The zero-order valence-electron chi connectivity index (χ0n) is 11.4. The maximum atomic E-state index is 11.8. The molecule has 0 atom stereocenters. The Hall–Kier alpha value is -3.07. The first-order valence-electron chi connectivity index (χ1n) is 6.15. The minimum atomic E-state index is -0.389. The lowest BCUT2D eigenvalue weighted by Gasteiger charge is -2.10. The normalized spacial score (nSPS) is 9.52. The van der Waals surface area contributed by atoms with Crippen molar-refractivity contribution in [2.75, 3.05) is 19.0 Å².